The van der Waals surface area contributed by atoms with Gasteiger partial charge in [0.05, 0.1) is 48.0 Å². The predicted molar refractivity (Wildman–Crippen MR) is 132 cm³/mol. The summed E-state index contributed by atoms with van der Waals surface area (Å²) in [7, 11) is 0. The third kappa shape index (κ3) is 5.15. The first kappa shape index (κ1) is 24.8. The lowest BCUT2D eigenvalue weighted by molar-refractivity contribution is -0.138. The molecule has 2 aliphatic rings. The lowest BCUT2D eigenvalue weighted by Crippen LogP contribution is -2.45. The maximum atomic E-state index is 13.5. The Hall–Kier alpha value is -2.86. The van der Waals surface area contributed by atoms with E-state index in [1.54, 1.807) is 24.4 Å². The molecule has 2 aliphatic heterocycles. The average molecular weight is 537 g/mol. The highest BCUT2D eigenvalue weighted by Gasteiger charge is 2.34. The van der Waals surface area contributed by atoms with Crippen LogP contribution in [-0.4, -0.2) is 63.3 Å². The van der Waals surface area contributed by atoms with Crippen LogP contribution in [0.5, 0.6) is 0 Å². The zero-order chi connectivity index (χ0) is 25.4. The average Bonchev–Trinajstić information content (AvgIpc) is 3.42. The molecule has 3 aromatic rings. The minimum atomic E-state index is -4.53. The largest absolute Gasteiger partial charge is 0.416 e. The third-order valence-electron chi connectivity index (χ3n) is 5.88. The van der Waals surface area contributed by atoms with Crippen LogP contribution < -0.4 is 0 Å². The summed E-state index contributed by atoms with van der Waals surface area (Å²) >= 11 is 7.05. The monoisotopic (exact) mass is 536 g/mol. The van der Waals surface area contributed by atoms with Crippen molar-refractivity contribution >= 4 is 51.4 Å². The van der Waals surface area contributed by atoms with Gasteiger partial charge in [-0.05, 0) is 53.2 Å². The Morgan fingerprint density at radius 2 is 2.08 bits per heavy atom. The molecule has 1 atom stereocenters. The number of hydrogen-bond acceptors (Lipinski definition) is 6. The van der Waals surface area contributed by atoms with Crippen LogP contribution in [0.25, 0.3) is 17.0 Å². The first-order valence-electron chi connectivity index (χ1n) is 11.0. The van der Waals surface area contributed by atoms with Crippen molar-refractivity contribution in [2.45, 2.75) is 18.8 Å². The van der Waals surface area contributed by atoms with E-state index in [1.807, 2.05) is 11.0 Å². The van der Waals surface area contributed by atoms with E-state index in [-0.39, 0.29) is 35.7 Å². The second kappa shape index (κ2) is 9.89. The minimum Gasteiger partial charge on any atom is -0.394 e. The van der Waals surface area contributed by atoms with Gasteiger partial charge in [-0.3, -0.25) is 9.48 Å². The van der Waals surface area contributed by atoms with E-state index in [1.165, 1.54) is 28.6 Å². The van der Waals surface area contributed by atoms with E-state index in [2.05, 4.69) is 10.1 Å². The number of alkyl halides is 3. The van der Waals surface area contributed by atoms with Gasteiger partial charge in [-0.2, -0.15) is 23.3 Å². The number of benzene rings is 2. The molecule has 1 fully saturated rings. The second-order valence-corrected chi connectivity index (χ2v) is 9.80. The number of hydrogen-bond donors (Lipinski definition) is 1. The van der Waals surface area contributed by atoms with Gasteiger partial charge in [0.1, 0.15) is 0 Å². The van der Waals surface area contributed by atoms with E-state index >= 15 is 0 Å². The van der Waals surface area contributed by atoms with E-state index in [0.29, 0.717) is 35.3 Å². The maximum Gasteiger partial charge on any atom is 0.416 e. The molecule has 0 unspecified atom stereocenters. The molecular weight excluding hydrogens is 517 g/mol. The number of amidine groups is 1. The van der Waals surface area contributed by atoms with Gasteiger partial charge in [-0.25, -0.2) is 0 Å². The summed E-state index contributed by atoms with van der Waals surface area (Å²) in [5, 5.41) is 14.9. The fourth-order valence-corrected chi connectivity index (χ4v) is 5.24. The van der Waals surface area contributed by atoms with Crippen LogP contribution in [0.15, 0.2) is 52.5 Å². The Morgan fingerprint density at radius 3 is 2.86 bits per heavy atom. The number of amides is 1. The van der Waals surface area contributed by atoms with Gasteiger partial charge < -0.3 is 14.7 Å². The van der Waals surface area contributed by atoms with Crippen molar-refractivity contribution in [3.05, 3.63) is 69.2 Å². The number of fused-ring (bicyclic) bond motifs is 1. The van der Waals surface area contributed by atoms with Crippen molar-refractivity contribution < 1.29 is 27.8 Å². The highest BCUT2D eigenvalue weighted by Crippen LogP contribution is 2.35. The standard InChI is InChI=1S/C24H20ClF3N4O3S/c25-17-3-2-15(19(9-17)24(26,27)28)11-32-20-4-1-14(7-16(20)10-29-32)8-21-22(34)30-23(36-21)31-5-6-35-18(12-31)13-33/h1-4,7-10,18,33H,5-6,11-13H2/b21-8-/t18-/m0/s1. The molecule has 1 amide bonds. The summed E-state index contributed by atoms with van der Waals surface area (Å²) in [5.41, 5.74) is 0.670. The zero-order valence-electron chi connectivity index (χ0n) is 18.7. The van der Waals surface area contributed by atoms with Gasteiger partial charge in [0.25, 0.3) is 5.91 Å². The highest BCUT2D eigenvalue weighted by molar-refractivity contribution is 8.18. The molecule has 0 saturated carbocycles. The fraction of sp³-hybridized carbons (Fsp3) is 0.292. The number of halogens is 4. The molecule has 3 heterocycles. The second-order valence-electron chi connectivity index (χ2n) is 8.35. The molecule has 1 saturated heterocycles. The predicted octanol–water partition coefficient (Wildman–Crippen LogP) is 4.42. The number of aliphatic hydroxyl groups is 1. The lowest BCUT2D eigenvalue weighted by Gasteiger charge is -2.32. The molecule has 0 bridgehead atoms. The SMILES string of the molecule is O=C1N=C(N2CCO[C@H](CO)C2)S/C1=C\c1ccc2c(cnn2Cc2ccc(Cl)cc2C(F)(F)F)c1. The van der Waals surface area contributed by atoms with Crippen molar-refractivity contribution in [2.75, 3.05) is 26.3 Å². The Bertz CT molecular complexity index is 1390. The van der Waals surface area contributed by atoms with E-state index in [4.69, 9.17) is 16.3 Å². The van der Waals surface area contributed by atoms with Gasteiger partial charge in [0.15, 0.2) is 5.17 Å². The highest BCUT2D eigenvalue weighted by atomic mass is 35.5. The maximum absolute atomic E-state index is 13.5. The van der Waals surface area contributed by atoms with E-state index < -0.39 is 11.7 Å². The summed E-state index contributed by atoms with van der Waals surface area (Å²) < 4.78 is 47.4. The number of aliphatic imine (C=N–C) groups is 1. The van der Waals surface area contributed by atoms with E-state index in [0.717, 1.165) is 17.0 Å². The summed E-state index contributed by atoms with van der Waals surface area (Å²) in [6.07, 6.45) is -1.54. The van der Waals surface area contributed by atoms with Crippen LogP contribution in [0.1, 0.15) is 16.7 Å². The summed E-state index contributed by atoms with van der Waals surface area (Å²) in [4.78, 5) is 19.0. The van der Waals surface area contributed by atoms with Crippen molar-refractivity contribution in [3.63, 3.8) is 0 Å². The van der Waals surface area contributed by atoms with Crippen molar-refractivity contribution in [1.82, 2.24) is 14.7 Å². The molecule has 0 spiro atoms. The summed E-state index contributed by atoms with van der Waals surface area (Å²) in [5.74, 6) is -0.347. The number of thioether (sulfide) groups is 1. The molecule has 1 aromatic heterocycles. The summed E-state index contributed by atoms with van der Waals surface area (Å²) in [6, 6.07) is 9.06. The topological polar surface area (TPSA) is 80.0 Å². The number of ether oxygens (including phenoxy) is 1. The van der Waals surface area contributed by atoms with Crippen LogP contribution in [0.3, 0.4) is 0 Å². The Balaban J connectivity index is 1.35. The number of carbonyl (C=O) groups excluding carboxylic acids is 1. The number of nitrogens with zero attached hydrogens (tertiary/aromatic N) is 4. The molecule has 1 N–H and O–H groups in total. The quantitative estimate of drug-likeness (QED) is 0.497. The Kier molecular flexibility index (Phi) is 6.82. The van der Waals surface area contributed by atoms with Crippen LogP contribution >= 0.6 is 23.4 Å². The first-order chi connectivity index (χ1) is 17.2. The van der Waals surface area contributed by atoms with Crippen molar-refractivity contribution in [2.24, 2.45) is 4.99 Å². The van der Waals surface area contributed by atoms with Crippen molar-refractivity contribution in [3.8, 4) is 0 Å². The molecule has 12 heteroatoms. The van der Waals surface area contributed by atoms with Gasteiger partial charge in [-0.1, -0.05) is 23.7 Å². The number of aromatic nitrogens is 2. The normalized spacial score (nSPS) is 20.0. The third-order valence-corrected chi connectivity index (χ3v) is 7.16. The molecule has 0 radical (unpaired) electrons. The molecule has 0 aliphatic carbocycles. The molecular formula is C24H20ClF3N4O3S. The Labute approximate surface area is 213 Å². The minimum absolute atomic E-state index is 0.0161. The number of carbonyl (C=O) groups is 1. The molecule has 7 nitrogen and oxygen atoms in total. The molecule has 5 rings (SSSR count). The van der Waals surface area contributed by atoms with Crippen LogP contribution in [-0.2, 0) is 22.3 Å². The smallest absolute Gasteiger partial charge is 0.394 e. The van der Waals surface area contributed by atoms with Crippen LogP contribution in [0.2, 0.25) is 5.02 Å². The fourth-order valence-electron chi connectivity index (χ4n) is 4.12. The van der Waals surface area contributed by atoms with Crippen LogP contribution in [0, 0.1) is 0 Å². The van der Waals surface area contributed by atoms with Crippen LogP contribution in [0.4, 0.5) is 13.2 Å². The van der Waals surface area contributed by atoms with Gasteiger partial charge in [0, 0.05) is 23.5 Å². The zero-order valence-corrected chi connectivity index (χ0v) is 20.3. The molecule has 2 aromatic carbocycles. The molecule has 36 heavy (non-hydrogen) atoms. The molecule has 188 valence electrons. The van der Waals surface area contributed by atoms with Gasteiger partial charge in [-0.15, -0.1) is 0 Å². The summed E-state index contributed by atoms with van der Waals surface area (Å²) in [6.45, 7) is 1.30. The lowest BCUT2D eigenvalue weighted by atomic mass is 10.1. The van der Waals surface area contributed by atoms with E-state index in [9.17, 15) is 23.1 Å². The number of aliphatic hydroxyl groups excluding tert-OH is 1. The van der Waals surface area contributed by atoms with Gasteiger partial charge >= 0.3 is 6.18 Å². The number of rotatable bonds is 4. The number of morpholine rings is 1. The Morgan fingerprint density at radius 1 is 1.25 bits per heavy atom. The van der Waals surface area contributed by atoms with Gasteiger partial charge in [0.2, 0.25) is 0 Å². The van der Waals surface area contributed by atoms with Crippen molar-refractivity contribution in [1.29, 1.82) is 0 Å². The first-order valence-corrected chi connectivity index (χ1v) is 12.2.